The number of amides is 1. The van der Waals surface area contributed by atoms with Crippen molar-refractivity contribution in [3.63, 3.8) is 0 Å². The van der Waals surface area contributed by atoms with E-state index in [4.69, 9.17) is 0 Å². The Labute approximate surface area is 156 Å². The highest BCUT2D eigenvalue weighted by molar-refractivity contribution is 6.03. The molecule has 0 spiro atoms. The van der Waals surface area contributed by atoms with Gasteiger partial charge in [0.2, 0.25) is 0 Å². The summed E-state index contributed by atoms with van der Waals surface area (Å²) in [6, 6.07) is 15.6. The minimum Gasteiger partial charge on any atom is -0.465 e. The van der Waals surface area contributed by atoms with Gasteiger partial charge in [0.15, 0.2) is 0 Å². The van der Waals surface area contributed by atoms with Gasteiger partial charge in [-0.3, -0.25) is 9.78 Å². The first-order valence-electron chi connectivity index (χ1n) is 8.25. The second-order valence-corrected chi connectivity index (χ2v) is 5.63. The molecule has 0 aliphatic rings. The van der Waals surface area contributed by atoms with Crippen molar-refractivity contribution in [1.82, 2.24) is 9.97 Å². The van der Waals surface area contributed by atoms with Gasteiger partial charge in [0.05, 0.1) is 36.8 Å². The minimum absolute atomic E-state index is 0.266. The zero-order chi connectivity index (χ0) is 19.1. The van der Waals surface area contributed by atoms with Gasteiger partial charge in [-0.1, -0.05) is 12.1 Å². The van der Waals surface area contributed by atoms with Gasteiger partial charge >= 0.3 is 5.97 Å². The lowest BCUT2D eigenvalue weighted by atomic mass is 10.2. The number of benzene rings is 1. The van der Waals surface area contributed by atoms with Crippen LogP contribution in [-0.4, -0.2) is 29.0 Å². The summed E-state index contributed by atoms with van der Waals surface area (Å²) in [5.74, 6) is -0.833. The fraction of sp³-hybridized carbons (Fsp3) is 0.100. The van der Waals surface area contributed by atoms with Crippen molar-refractivity contribution in [2.75, 3.05) is 17.7 Å². The minimum atomic E-state index is -0.465. The largest absolute Gasteiger partial charge is 0.465 e. The fourth-order valence-corrected chi connectivity index (χ4v) is 2.36. The summed E-state index contributed by atoms with van der Waals surface area (Å²) in [7, 11) is 1.31. The van der Waals surface area contributed by atoms with Crippen molar-refractivity contribution >= 4 is 23.3 Å². The molecule has 0 aliphatic heterocycles. The number of hydrogen-bond donors (Lipinski definition) is 2. The standard InChI is InChI=1S/C20H18N4O3/c1-27-20(26)14-5-4-7-15(11-14)24-19(25)18-9-8-17(13-23-18)22-12-16-6-2-3-10-21-16/h2-11,13,22H,12H2,1H3,(H,24,25). The summed E-state index contributed by atoms with van der Waals surface area (Å²) < 4.78 is 4.67. The lowest BCUT2D eigenvalue weighted by Gasteiger charge is -2.08. The van der Waals surface area contributed by atoms with Crippen molar-refractivity contribution in [1.29, 1.82) is 0 Å². The molecule has 0 bridgehead atoms. The number of carbonyl (C=O) groups is 2. The van der Waals surface area contributed by atoms with E-state index in [2.05, 4.69) is 25.3 Å². The van der Waals surface area contributed by atoms with E-state index in [1.165, 1.54) is 7.11 Å². The van der Waals surface area contributed by atoms with Crippen LogP contribution in [0, 0.1) is 0 Å². The first-order chi connectivity index (χ1) is 13.2. The molecule has 136 valence electrons. The maximum Gasteiger partial charge on any atom is 0.337 e. The van der Waals surface area contributed by atoms with Gasteiger partial charge < -0.3 is 15.4 Å². The van der Waals surface area contributed by atoms with E-state index in [1.54, 1.807) is 48.8 Å². The van der Waals surface area contributed by atoms with Crippen LogP contribution in [0.25, 0.3) is 0 Å². The third-order valence-electron chi connectivity index (χ3n) is 3.74. The topological polar surface area (TPSA) is 93.2 Å². The number of anilines is 2. The molecule has 0 atom stereocenters. The van der Waals surface area contributed by atoms with Crippen LogP contribution in [0.3, 0.4) is 0 Å². The van der Waals surface area contributed by atoms with Crippen LogP contribution in [0.15, 0.2) is 67.0 Å². The van der Waals surface area contributed by atoms with E-state index in [-0.39, 0.29) is 11.6 Å². The van der Waals surface area contributed by atoms with E-state index in [0.29, 0.717) is 17.8 Å². The SMILES string of the molecule is COC(=O)c1cccc(NC(=O)c2ccc(NCc3ccccn3)cn2)c1. The molecule has 0 saturated heterocycles. The van der Waals surface area contributed by atoms with Gasteiger partial charge in [0.1, 0.15) is 5.69 Å². The van der Waals surface area contributed by atoms with Crippen LogP contribution in [-0.2, 0) is 11.3 Å². The highest BCUT2D eigenvalue weighted by atomic mass is 16.5. The van der Waals surface area contributed by atoms with Gasteiger partial charge in [-0.25, -0.2) is 9.78 Å². The van der Waals surface area contributed by atoms with E-state index in [9.17, 15) is 9.59 Å². The molecule has 2 N–H and O–H groups in total. The molecule has 0 unspecified atom stereocenters. The van der Waals surface area contributed by atoms with Crippen molar-refractivity contribution < 1.29 is 14.3 Å². The lowest BCUT2D eigenvalue weighted by molar-refractivity contribution is 0.0600. The number of hydrogen-bond acceptors (Lipinski definition) is 6. The first kappa shape index (κ1) is 18.1. The number of methoxy groups -OCH3 is 1. The van der Waals surface area contributed by atoms with Crippen molar-refractivity contribution in [3.8, 4) is 0 Å². The first-order valence-corrected chi connectivity index (χ1v) is 8.25. The Balaban J connectivity index is 1.61. The predicted molar refractivity (Wildman–Crippen MR) is 102 cm³/mol. The Morgan fingerprint density at radius 2 is 1.89 bits per heavy atom. The number of carbonyl (C=O) groups excluding carboxylic acids is 2. The number of rotatable bonds is 6. The van der Waals surface area contributed by atoms with Crippen LogP contribution in [0.4, 0.5) is 11.4 Å². The molecule has 7 heteroatoms. The molecular weight excluding hydrogens is 344 g/mol. The van der Waals surface area contributed by atoms with Crippen molar-refractivity contribution in [2.24, 2.45) is 0 Å². The maximum atomic E-state index is 12.3. The van der Waals surface area contributed by atoms with Crippen LogP contribution in [0.1, 0.15) is 26.5 Å². The van der Waals surface area contributed by atoms with Crippen molar-refractivity contribution in [3.05, 3.63) is 83.9 Å². The van der Waals surface area contributed by atoms with Crippen LogP contribution in [0.5, 0.6) is 0 Å². The molecule has 0 fully saturated rings. The normalized spacial score (nSPS) is 10.1. The van der Waals surface area contributed by atoms with Crippen LogP contribution >= 0.6 is 0 Å². The summed E-state index contributed by atoms with van der Waals surface area (Å²) in [5, 5.41) is 5.91. The molecule has 2 aromatic heterocycles. The molecule has 0 saturated carbocycles. The maximum absolute atomic E-state index is 12.3. The monoisotopic (exact) mass is 362 g/mol. The number of esters is 1. The number of nitrogens with zero attached hydrogens (tertiary/aromatic N) is 2. The van der Waals surface area contributed by atoms with Crippen molar-refractivity contribution in [2.45, 2.75) is 6.54 Å². The van der Waals surface area contributed by atoms with E-state index in [0.717, 1.165) is 11.4 Å². The molecule has 3 rings (SSSR count). The molecule has 0 radical (unpaired) electrons. The molecule has 3 aromatic rings. The number of ether oxygens (including phenoxy) is 1. The Hall–Kier alpha value is -3.74. The van der Waals surface area contributed by atoms with E-state index in [1.807, 2.05) is 18.2 Å². The second-order valence-electron chi connectivity index (χ2n) is 5.63. The summed E-state index contributed by atoms with van der Waals surface area (Å²) in [4.78, 5) is 32.3. The molecule has 0 aliphatic carbocycles. The average molecular weight is 362 g/mol. The Morgan fingerprint density at radius 3 is 2.59 bits per heavy atom. The van der Waals surface area contributed by atoms with Gasteiger partial charge in [-0.15, -0.1) is 0 Å². The second kappa shape index (κ2) is 8.57. The Kier molecular flexibility index (Phi) is 5.73. The fourth-order valence-electron chi connectivity index (χ4n) is 2.36. The summed E-state index contributed by atoms with van der Waals surface area (Å²) in [6.45, 7) is 0.564. The highest BCUT2D eigenvalue weighted by Crippen LogP contribution is 2.14. The molecule has 7 nitrogen and oxygen atoms in total. The third kappa shape index (κ3) is 4.88. The molecule has 1 aromatic carbocycles. The lowest BCUT2D eigenvalue weighted by Crippen LogP contribution is -2.14. The highest BCUT2D eigenvalue weighted by Gasteiger charge is 2.10. The third-order valence-corrected chi connectivity index (χ3v) is 3.74. The number of pyridine rings is 2. The Bertz CT molecular complexity index is 927. The smallest absolute Gasteiger partial charge is 0.337 e. The molecular formula is C20H18N4O3. The zero-order valence-electron chi connectivity index (χ0n) is 14.7. The van der Waals surface area contributed by atoms with Gasteiger partial charge in [-0.2, -0.15) is 0 Å². The van der Waals surface area contributed by atoms with Gasteiger partial charge in [0, 0.05) is 11.9 Å². The van der Waals surface area contributed by atoms with E-state index >= 15 is 0 Å². The molecule has 1 amide bonds. The number of aromatic nitrogens is 2. The average Bonchev–Trinajstić information content (AvgIpc) is 2.73. The Morgan fingerprint density at radius 1 is 1.00 bits per heavy atom. The summed E-state index contributed by atoms with van der Waals surface area (Å²) in [5.41, 5.74) is 2.80. The van der Waals surface area contributed by atoms with Crippen LogP contribution in [0.2, 0.25) is 0 Å². The van der Waals surface area contributed by atoms with Crippen LogP contribution < -0.4 is 10.6 Å². The quantitative estimate of drug-likeness (QED) is 0.655. The van der Waals surface area contributed by atoms with Gasteiger partial charge in [0.25, 0.3) is 5.91 Å². The van der Waals surface area contributed by atoms with Gasteiger partial charge in [-0.05, 0) is 42.5 Å². The summed E-state index contributed by atoms with van der Waals surface area (Å²) in [6.07, 6.45) is 3.32. The molecule has 2 heterocycles. The number of nitrogens with one attached hydrogen (secondary N) is 2. The summed E-state index contributed by atoms with van der Waals surface area (Å²) >= 11 is 0. The van der Waals surface area contributed by atoms with E-state index < -0.39 is 5.97 Å². The predicted octanol–water partition coefficient (Wildman–Crippen LogP) is 3.13. The molecule has 27 heavy (non-hydrogen) atoms. The zero-order valence-corrected chi connectivity index (χ0v) is 14.7.